The van der Waals surface area contributed by atoms with Gasteiger partial charge in [-0.15, -0.1) is 0 Å². The Bertz CT molecular complexity index is 117. The first kappa shape index (κ1) is 12.4. The molecular formula is C9H19BrO2. The van der Waals surface area contributed by atoms with Gasteiger partial charge in [0.1, 0.15) is 0 Å². The van der Waals surface area contributed by atoms with E-state index in [0.29, 0.717) is 0 Å². The van der Waals surface area contributed by atoms with E-state index in [1.807, 2.05) is 20.8 Å². The molecule has 3 heteroatoms. The van der Waals surface area contributed by atoms with Crippen LogP contribution in [-0.2, 0) is 0 Å². The van der Waals surface area contributed by atoms with Crippen LogP contribution >= 0.6 is 15.9 Å². The highest BCUT2D eigenvalue weighted by Gasteiger charge is 2.25. The van der Waals surface area contributed by atoms with Crippen molar-refractivity contribution in [3.05, 3.63) is 0 Å². The molecule has 12 heavy (non-hydrogen) atoms. The maximum atomic E-state index is 9.59. The second-order valence-corrected chi connectivity index (χ2v) is 4.59. The minimum Gasteiger partial charge on any atom is -0.392 e. The van der Waals surface area contributed by atoms with Gasteiger partial charge in [0.15, 0.2) is 0 Å². The van der Waals surface area contributed by atoms with Crippen LogP contribution in [0.15, 0.2) is 0 Å². The molecule has 0 amide bonds. The number of alkyl halides is 1. The van der Waals surface area contributed by atoms with Crippen molar-refractivity contribution in [1.82, 2.24) is 0 Å². The zero-order valence-electron chi connectivity index (χ0n) is 8.00. The molecule has 0 fully saturated rings. The maximum absolute atomic E-state index is 9.59. The van der Waals surface area contributed by atoms with Gasteiger partial charge in [0, 0.05) is 0 Å². The topological polar surface area (TPSA) is 40.5 Å². The zero-order valence-corrected chi connectivity index (χ0v) is 9.58. The summed E-state index contributed by atoms with van der Waals surface area (Å²) in [5.74, 6) is 0.181. The molecule has 0 saturated heterocycles. The molecule has 0 bridgehead atoms. The van der Waals surface area contributed by atoms with Crippen LogP contribution < -0.4 is 0 Å². The molecule has 0 saturated carbocycles. The Morgan fingerprint density at radius 1 is 1.25 bits per heavy atom. The standard InChI is InChI=1S/C9H19BrO2/c1-4-5-7(11)8(10)9(12)6(2)3/h6-9,11-12H,4-5H2,1-3H3/t7-,8-,9-/m0/s1. The zero-order chi connectivity index (χ0) is 9.72. The monoisotopic (exact) mass is 238 g/mol. The van der Waals surface area contributed by atoms with Crippen molar-refractivity contribution >= 4 is 15.9 Å². The molecule has 2 N–H and O–H groups in total. The first-order valence-electron chi connectivity index (χ1n) is 4.50. The van der Waals surface area contributed by atoms with E-state index in [1.54, 1.807) is 0 Å². The molecule has 0 aliphatic carbocycles. The SMILES string of the molecule is CCC[C@H](O)[C@H](Br)[C@@H](O)C(C)C. The summed E-state index contributed by atoms with van der Waals surface area (Å²) < 4.78 is 0. The van der Waals surface area contributed by atoms with E-state index < -0.39 is 12.2 Å². The Kier molecular flexibility index (Phi) is 6.14. The summed E-state index contributed by atoms with van der Waals surface area (Å²) in [6.45, 7) is 5.90. The second-order valence-electron chi connectivity index (χ2n) is 3.54. The lowest BCUT2D eigenvalue weighted by atomic mass is 9.99. The number of aliphatic hydroxyl groups excluding tert-OH is 2. The molecule has 0 aromatic carbocycles. The smallest absolute Gasteiger partial charge is 0.0713 e. The summed E-state index contributed by atoms with van der Waals surface area (Å²) in [5, 5.41) is 19.1. The van der Waals surface area contributed by atoms with Crippen molar-refractivity contribution in [2.24, 2.45) is 5.92 Å². The van der Waals surface area contributed by atoms with Gasteiger partial charge in [0.25, 0.3) is 0 Å². The molecular weight excluding hydrogens is 220 g/mol. The molecule has 0 aliphatic rings. The van der Waals surface area contributed by atoms with Crippen molar-refractivity contribution in [2.45, 2.75) is 50.6 Å². The van der Waals surface area contributed by atoms with E-state index in [2.05, 4.69) is 15.9 Å². The first-order valence-corrected chi connectivity index (χ1v) is 5.42. The predicted molar refractivity (Wildman–Crippen MR) is 54.5 cm³/mol. The van der Waals surface area contributed by atoms with Crippen molar-refractivity contribution in [2.75, 3.05) is 0 Å². The van der Waals surface area contributed by atoms with Gasteiger partial charge in [0.05, 0.1) is 17.0 Å². The van der Waals surface area contributed by atoms with E-state index in [1.165, 1.54) is 0 Å². The molecule has 3 atom stereocenters. The van der Waals surface area contributed by atoms with Crippen LogP contribution in [0.3, 0.4) is 0 Å². The summed E-state index contributed by atoms with van der Waals surface area (Å²) in [4.78, 5) is -0.197. The molecule has 74 valence electrons. The molecule has 0 rings (SSSR count). The van der Waals surface area contributed by atoms with Crippen LogP contribution in [0.4, 0.5) is 0 Å². The van der Waals surface area contributed by atoms with Gasteiger partial charge >= 0.3 is 0 Å². The van der Waals surface area contributed by atoms with Crippen molar-refractivity contribution < 1.29 is 10.2 Å². The van der Waals surface area contributed by atoms with E-state index in [-0.39, 0.29) is 10.7 Å². The number of aliphatic hydroxyl groups is 2. The van der Waals surface area contributed by atoms with Gasteiger partial charge in [-0.25, -0.2) is 0 Å². The average molecular weight is 239 g/mol. The van der Waals surface area contributed by atoms with Crippen LogP contribution in [0.5, 0.6) is 0 Å². The molecule has 0 aromatic rings. The summed E-state index contributed by atoms with van der Waals surface area (Å²) in [7, 11) is 0. The van der Waals surface area contributed by atoms with Crippen molar-refractivity contribution in [1.29, 1.82) is 0 Å². The van der Waals surface area contributed by atoms with Crippen LogP contribution in [-0.4, -0.2) is 27.2 Å². The molecule has 0 heterocycles. The molecule has 0 unspecified atom stereocenters. The van der Waals surface area contributed by atoms with E-state index in [0.717, 1.165) is 12.8 Å². The Balaban J connectivity index is 3.90. The number of hydrogen-bond donors (Lipinski definition) is 2. The minimum atomic E-state index is -0.466. The van der Waals surface area contributed by atoms with E-state index in [4.69, 9.17) is 0 Å². The lowest BCUT2D eigenvalue weighted by molar-refractivity contribution is 0.0602. The lowest BCUT2D eigenvalue weighted by Crippen LogP contribution is -2.35. The van der Waals surface area contributed by atoms with Crippen LogP contribution in [0.1, 0.15) is 33.6 Å². The number of hydrogen-bond acceptors (Lipinski definition) is 2. The van der Waals surface area contributed by atoms with Crippen molar-refractivity contribution in [3.8, 4) is 0 Å². The van der Waals surface area contributed by atoms with Gasteiger partial charge < -0.3 is 10.2 Å². The van der Waals surface area contributed by atoms with Gasteiger partial charge in [-0.2, -0.15) is 0 Å². The Morgan fingerprint density at radius 3 is 2.08 bits per heavy atom. The molecule has 0 aromatic heterocycles. The molecule has 0 radical (unpaired) electrons. The highest BCUT2D eigenvalue weighted by Crippen LogP contribution is 2.19. The minimum absolute atomic E-state index is 0.181. The quantitative estimate of drug-likeness (QED) is 0.719. The highest BCUT2D eigenvalue weighted by molar-refractivity contribution is 9.09. The Morgan fingerprint density at radius 2 is 1.75 bits per heavy atom. The Labute approximate surface area is 83.1 Å². The van der Waals surface area contributed by atoms with Gasteiger partial charge in [0.2, 0.25) is 0 Å². The van der Waals surface area contributed by atoms with Crippen molar-refractivity contribution in [3.63, 3.8) is 0 Å². The third-order valence-electron chi connectivity index (χ3n) is 1.96. The number of halogens is 1. The van der Waals surface area contributed by atoms with E-state index in [9.17, 15) is 10.2 Å². The van der Waals surface area contributed by atoms with Gasteiger partial charge in [-0.3, -0.25) is 0 Å². The average Bonchev–Trinajstić information content (AvgIpc) is 2.02. The summed E-state index contributed by atoms with van der Waals surface area (Å²) in [5.41, 5.74) is 0. The van der Waals surface area contributed by atoms with Crippen LogP contribution in [0, 0.1) is 5.92 Å². The fourth-order valence-electron chi connectivity index (χ4n) is 1.05. The summed E-state index contributed by atoms with van der Waals surface area (Å²) in [6, 6.07) is 0. The van der Waals surface area contributed by atoms with Crippen LogP contribution in [0.25, 0.3) is 0 Å². The number of rotatable bonds is 5. The maximum Gasteiger partial charge on any atom is 0.0713 e. The van der Waals surface area contributed by atoms with Crippen LogP contribution in [0.2, 0.25) is 0 Å². The van der Waals surface area contributed by atoms with Gasteiger partial charge in [-0.05, 0) is 12.3 Å². The van der Waals surface area contributed by atoms with Gasteiger partial charge in [-0.1, -0.05) is 43.1 Å². The molecule has 0 aliphatic heterocycles. The fraction of sp³-hybridized carbons (Fsp3) is 1.00. The molecule has 2 nitrogen and oxygen atoms in total. The Hall–Kier alpha value is 0.400. The highest BCUT2D eigenvalue weighted by atomic mass is 79.9. The third-order valence-corrected chi connectivity index (χ3v) is 3.11. The normalized spacial score (nSPS) is 19.2. The summed E-state index contributed by atoms with van der Waals surface area (Å²) >= 11 is 3.31. The first-order chi connectivity index (χ1) is 5.50. The lowest BCUT2D eigenvalue weighted by Gasteiger charge is -2.24. The summed E-state index contributed by atoms with van der Waals surface area (Å²) in [6.07, 6.45) is 0.771. The largest absolute Gasteiger partial charge is 0.392 e. The van der Waals surface area contributed by atoms with E-state index >= 15 is 0 Å². The second kappa shape index (κ2) is 5.95. The predicted octanol–water partition coefficient (Wildman–Crippen LogP) is 1.93. The molecule has 0 spiro atoms. The fourth-order valence-corrected chi connectivity index (χ4v) is 1.93. The third kappa shape index (κ3) is 3.87.